The van der Waals surface area contributed by atoms with Crippen LogP contribution in [0.2, 0.25) is 0 Å². The summed E-state index contributed by atoms with van der Waals surface area (Å²) in [5, 5.41) is 11.8. The van der Waals surface area contributed by atoms with Gasteiger partial charge >= 0.3 is 0 Å². The molecule has 1 amide bonds. The average Bonchev–Trinajstić information content (AvgIpc) is 2.35. The van der Waals surface area contributed by atoms with Crippen LogP contribution in [-0.4, -0.2) is 16.0 Å². The van der Waals surface area contributed by atoms with Gasteiger partial charge in [0.15, 0.2) is 0 Å². The Hall–Kier alpha value is -2.43. The van der Waals surface area contributed by atoms with Crippen molar-refractivity contribution < 1.29 is 14.3 Å². The Labute approximate surface area is 103 Å². The largest absolute Gasteiger partial charge is 0.506 e. The molecule has 1 aromatic heterocycles. The number of aromatic nitrogens is 1. The smallest absolute Gasteiger partial charge is 0.257 e. The molecule has 0 unspecified atom stereocenters. The number of nitrogens with one attached hydrogen (secondary N) is 1. The minimum Gasteiger partial charge on any atom is -0.506 e. The highest BCUT2D eigenvalue weighted by atomic mass is 19.1. The van der Waals surface area contributed by atoms with Gasteiger partial charge in [-0.15, -0.1) is 0 Å². The van der Waals surface area contributed by atoms with E-state index in [-0.39, 0.29) is 17.1 Å². The van der Waals surface area contributed by atoms with Gasteiger partial charge in [0.25, 0.3) is 5.91 Å². The summed E-state index contributed by atoms with van der Waals surface area (Å²) in [6.07, 6.45) is 2.55. The number of hydrogen-bond acceptors (Lipinski definition) is 3. The van der Waals surface area contributed by atoms with Gasteiger partial charge in [-0.1, -0.05) is 6.07 Å². The van der Waals surface area contributed by atoms with Crippen LogP contribution in [-0.2, 0) is 0 Å². The number of carbonyl (C=O) groups excluding carboxylic acids is 1. The summed E-state index contributed by atoms with van der Waals surface area (Å²) >= 11 is 0. The maximum Gasteiger partial charge on any atom is 0.257 e. The van der Waals surface area contributed by atoms with E-state index in [1.165, 1.54) is 30.6 Å². The Kier molecular flexibility index (Phi) is 3.23. The van der Waals surface area contributed by atoms with Gasteiger partial charge in [-0.05, 0) is 25.1 Å². The summed E-state index contributed by atoms with van der Waals surface area (Å²) in [5.41, 5.74) is 0.959. The molecule has 92 valence electrons. The van der Waals surface area contributed by atoms with Crippen LogP contribution >= 0.6 is 0 Å². The number of carbonyl (C=O) groups is 1. The lowest BCUT2D eigenvalue weighted by Crippen LogP contribution is -2.13. The first-order chi connectivity index (χ1) is 8.58. The molecule has 4 nitrogen and oxygen atoms in total. The molecule has 5 heteroatoms. The van der Waals surface area contributed by atoms with Gasteiger partial charge in [-0.2, -0.15) is 0 Å². The molecule has 0 aliphatic rings. The number of anilines is 1. The van der Waals surface area contributed by atoms with Crippen molar-refractivity contribution >= 4 is 11.6 Å². The Morgan fingerprint density at radius 1 is 1.39 bits per heavy atom. The van der Waals surface area contributed by atoms with E-state index in [4.69, 9.17) is 0 Å². The number of benzene rings is 1. The monoisotopic (exact) mass is 246 g/mol. The summed E-state index contributed by atoms with van der Waals surface area (Å²) < 4.78 is 13.3. The highest BCUT2D eigenvalue weighted by Crippen LogP contribution is 2.18. The summed E-state index contributed by atoms with van der Waals surface area (Å²) in [6, 6.07) is 5.73. The molecule has 0 aliphatic heterocycles. The van der Waals surface area contributed by atoms with Gasteiger partial charge in [0, 0.05) is 17.4 Å². The first-order valence-electron chi connectivity index (χ1n) is 5.28. The van der Waals surface area contributed by atoms with Crippen molar-refractivity contribution in [3.63, 3.8) is 0 Å². The first kappa shape index (κ1) is 12.0. The minimum atomic E-state index is -0.452. The average molecular weight is 246 g/mol. The molecule has 0 spiro atoms. The number of rotatable bonds is 2. The summed E-state index contributed by atoms with van der Waals surface area (Å²) in [7, 11) is 0. The van der Waals surface area contributed by atoms with Gasteiger partial charge in [-0.3, -0.25) is 9.78 Å². The molecule has 0 aliphatic carbocycles. The van der Waals surface area contributed by atoms with Gasteiger partial charge in [-0.25, -0.2) is 4.39 Å². The van der Waals surface area contributed by atoms with Crippen molar-refractivity contribution in [1.29, 1.82) is 0 Å². The fourth-order valence-electron chi connectivity index (χ4n) is 1.49. The highest BCUT2D eigenvalue weighted by molar-refractivity contribution is 6.04. The van der Waals surface area contributed by atoms with Crippen molar-refractivity contribution in [2.24, 2.45) is 0 Å². The third-order valence-electron chi connectivity index (χ3n) is 2.50. The normalized spacial score (nSPS) is 10.1. The van der Waals surface area contributed by atoms with Crippen LogP contribution in [0.4, 0.5) is 10.1 Å². The molecule has 0 bridgehead atoms. The molecule has 0 radical (unpaired) electrons. The van der Waals surface area contributed by atoms with Gasteiger partial charge in [0.05, 0.1) is 11.8 Å². The lowest BCUT2D eigenvalue weighted by atomic mass is 10.1. The zero-order valence-electron chi connectivity index (χ0n) is 9.64. The number of halogens is 1. The molecule has 0 atom stereocenters. The van der Waals surface area contributed by atoms with Crippen LogP contribution in [0.5, 0.6) is 5.75 Å². The molecular weight excluding hydrogens is 235 g/mol. The van der Waals surface area contributed by atoms with Crippen LogP contribution in [0.1, 0.15) is 15.9 Å². The van der Waals surface area contributed by atoms with E-state index >= 15 is 0 Å². The van der Waals surface area contributed by atoms with Crippen molar-refractivity contribution in [1.82, 2.24) is 4.98 Å². The molecule has 2 aromatic rings. The standard InChI is InChI=1S/C13H11FN2O2/c1-8-11(14)3-2-4-12(8)16-13(18)9-5-10(17)7-15-6-9/h2-7,17H,1H3,(H,16,18). The molecule has 0 fully saturated rings. The summed E-state index contributed by atoms with van der Waals surface area (Å²) in [6.45, 7) is 1.58. The fraction of sp³-hybridized carbons (Fsp3) is 0.0769. The minimum absolute atomic E-state index is 0.0985. The molecule has 1 heterocycles. The number of nitrogens with zero attached hydrogens (tertiary/aromatic N) is 1. The molecular formula is C13H11FN2O2. The predicted molar refractivity (Wildman–Crippen MR) is 65.0 cm³/mol. The van der Waals surface area contributed by atoms with Crippen molar-refractivity contribution in [3.05, 3.63) is 53.6 Å². The number of pyridine rings is 1. The third-order valence-corrected chi connectivity index (χ3v) is 2.50. The Bertz CT molecular complexity index is 599. The quantitative estimate of drug-likeness (QED) is 0.855. The van der Waals surface area contributed by atoms with E-state index in [1.54, 1.807) is 13.0 Å². The first-order valence-corrected chi connectivity index (χ1v) is 5.28. The second-order valence-electron chi connectivity index (χ2n) is 3.80. The summed E-state index contributed by atoms with van der Waals surface area (Å²) in [5.74, 6) is -0.937. The fourth-order valence-corrected chi connectivity index (χ4v) is 1.49. The Morgan fingerprint density at radius 3 is 2.89 bits per heavy atom. The van der Waals surface area contributed by atoms with E-state index in [0.717, 1.165) is 0 Å². The molecule has 2 N–H and O–H groups in total. The third kappa shape index (κ3) is 2.45. The Balaban J connectivity index is 2.24. The van der Waals surface area contributed by atoms with E-state index in [2.05, 4.69) is 10.3 Å². The van der Waals surface area contributed by atoms with E-state index in [1.807, 2.05) is 0 Å². The van der Waals surface area contributed by atoms with Crippen molar-refractivity contribution in [3.8, 4) is 5.75 Å². The number of aromatic hydroxyl groups is 1. The lowest BCUT2D eigenvalue weighted by Gasteiger charge is -2.08. The SMILES string of the molecule is Cc1c(F)cccc1NC(=O)c1cncc(O)c1. The van der Waals surface area contributed by atoms with Gasteiger partial charge in [0.2, 0.25) is 0 Å². The van der Waals surface area contributed by atoms with Crippen LogP contribution < -0.4 is 5.32 Å². The summed E-state index contributed by atoms with van der Waals surface area (Å²) in [4.78, 5) is 15.5. The van der Waals surface area contributed by atoms with Gasteiger partial charge in [0.1, 0.15) is 11.6 Å². The molecule has 18 heavy (non-hydrogen) atoms. The van der Waals surface area contributed by atoms with Gasteiger partial charge < -0.3 is 10.4 Å². The second-order valence-corrected chi connectivity index (χ2v) is 3.80. The molecule has 0 saturated carbocycles. The number of amides is 1. The zero-order chi connectivity index (χ0) is 13.1. The Morgan fingerprint density at radius 2 is 2.17 bits per heavy atom. The van der Waals surface area contributed by atoms with Crippen LogP contribution in [0, 0.1) is 12.7 Å². The predicted octanol–water partition coefficient (Wildman–Crippen LogP) is 2.49. The maximum absolute atomic E-state index is 13.3. The van der Waals surface area contributed by atoms with E-state index in [9.17, 15) is 14.3 Å². The van der Waals surface area contributed by atoms with Crippen LogP contribution in [0.15, 0.2) is 36.7 Å². The van der Waals surface area contributed by atoms with E-state index in [0.29, 0.717) is 11.3 Å². The molecule has 1 aromatic carbocycles. The molecule has 0 saturated heterocycles. The van der Waals surface area contributed by atoms with Crippen molar-refractivity contribution in [2.45, 2.75) is 6.92 Å². The van der Waals surface area contributed by atoms with Crippen LogP contribution in [0.3, 0.4) is 0 Å². The highest BCUT2D eigenvalue weighted by Gasteiger charge is 2.10. The van der Waals surface area contributed by atoms with E-state index < -0.39 is 5.91 Å². The lowest BCUT2D eigenvalue weighted by molar-refractivity contribution is 0.102. The zero-order valence-corrected chi connectivity index (χ0v) is 9.64. The molecule has 2 rings (SSSR count). The van der Waals surface area contributed by atoms with Crippen LogP contribution in [0.25, 0.3) is 0 Å². The topological polar surface area (TPSA) is 62.2 Å². The second kappa shape index (κ2) is 4.83. The number of hydrogen-bond donors (Lipinski definition) is 2. The maximum atomic E-state index is 13.3. The van der Waals surface area contributed by atoms with Crippen molar-refractivity contribution in [2.75, 3.05) is 5.32 Å².